The van der Waals surface area contributed by atoms with Gasteiger partial charge in [0.1, 0.15) is 5.75 Å². The van der Waals surface area contributed by atoms with Gasteiger partial charge in [0.05, 0.1) is 11.8 Å². The van der Waals surface area contributed by atoms with Crippen molar-refractivity contribution < 1.29 is 40.8 Å². The van der Waals surface area contributed by atoms with E-state index in [0.717, 1.165) is 25.8 Å². The van der Waals surface area contributed by atoms with Crippen LogP contribution in [0.2, 0.25) is 0 Å². The normalized spacial score (nSPS) is 22.1. The molecule has 3 aromatic rings. The van der Waals surface area contributed by atoms with E-state index in [0.29, 0.717) is 0 Å². The molecule has 0 amide bonds. The Labute approximate surface area is 224 Å². The molecular formula is C26H18F2IO7S-. The standard InChI is InChI=1S/C26H19F2IO7S/c27-26(28,37(32,33)34)13-35-24(30)22-20-16-5-1-3-7-18(16)21(19-8-4-2-6-17(19)20)23(22)25(31)36-15-11-9-14(29)10-12-15/h1-12,20-23H,13H2,(H,32,33,34)/p-1. The highest BCUT2D eigenvalue weighted by atomic mass is 127. The molecule has 37 heavy (non-hydrogen) atoms. The van der Waals surface area contributed by atoms with Crippen molar-refractivity contribution in [2.75, 3.05) is 6.61 Å². The monoisotopic (exact) mass is 639 g/mol. The van der Waals surface area contributed by atoms with Crippen LogP contribution in [0.1, 0.15) is 34.1 Å². The number of esters is 2. The molecular weight excluding hydrogens is 621 g/mol. The van der Waals surface area contributed by atoms with Crippen LogP contribution >= 0.6 is 22.6 Å². The lowest BCUT2D eigenvalue weighted by Gasteiger charge is -2.48. The smallest absolute Gasteiger partial charge is 0.367 e. The molecule has 0 radical (unpaired) electrons. The number of halogens is 3. The molecule has 11 heteroatoms. The Morgan fingerprint density at radius 1 is 0.811 bits per heavy atom. The van der Waals surface area contributed by atoms with Gasteiger partial charge in [-0.15, -0.1) is 0 Å². The topological polar surface area (TPSA) is 110 Å². The first-order valence-corrected chi connectivity index (χ1v) is 13.6. The zero-order valence-electron chi connectivity index (χ0n) is 18.8. The molecule has 0 aliphatic heterocycles. The number of hydrogen-bond donors (Lipinski definition) is 0. The van der Waals surface area contributed by atoms with E-state index >= 15 is 0 Å². The Balaban J connectivity index is 1.58. The molecule has 0 heterocycles. The highest BCUT2D eigenvalue weighted by Gasteiger charge is 2.57. The Bertz CT molecular complexity index is 1440. The lowest BCUT2D eigenvalue weighted by atomic mass is 9.54. The van der Waals surface area contributed by atoms with Crippen molar-refractivity contribution in [3.05, 3.63) is 98.6 Å². The van der Waals surface area contributed by atoms with E-state index in [1.165, 1.54) is 0 Å². The first-order valence-electron chi connectivity index (χ1n) is 11.1. The molecule has 2 atom stereocenters. The molecule has 192 valence electrons. The van der Waals surface area contributed by atoms with E-state index in [-0.39, 0.29) is 5.75 Å². The second-order valence-electron chi connectivity index (χ2n) is 8.84. The van der Waals surface area contributed by atoms with Gasteiger partial charge in [0.2, 0.25) is 0 Å². The predicted octanol–water partition coefficient (Wildman–Crippen LogP) is 4.40. The van der Waals surface area contributed by atoms with Crippen LogP contribution in [-0.4, -0.2) is 36.8 Å². The molecule has 0 N–H and O–H groups in total. The van der Waals surface area contributed by atoms with Crippen molar-refractivity contribution in [2.24, 2.45) is 11.8 Å². The zero-order chi connectivity index (χ0) is 26.5. The van der Waals surface area contributed by atoms with E-state index in [2.05, 4.69) is 22.6 Å². The van der Waals surface area contributed by atoms with Gasteiger partial charge in [-0.2, -0.15) is 8.78 Å². The van der Waals surface area contributed by atoms with Crippen LogP contribution in [0.3, 0.4) is 0 Å². The number of alkyl halides is 2. The Morgan fingerprint density at radius 3 is 1.68 bits per heavy atom. The summed E-state index contributed by atoms with van der Waals surface area (Å²) < 4.78 is 71.7. The quantitative estimate of drug-likeness (QED) is 0.170. The fourth-order valence-electron chi connectivity index (χ4n) is 5.25. The minimum atomic E-state index is -6.06. The summed E-state index contributed by atoms with van der Waals surface area (Å²) in [6, 6.07) is 21.1. The number of hydrogen-bond acceptors (Lipinski definition) is 7. The van der Waals surface area contributed by atoms with Gasteiger partial charge in [0.15, 0.2) is 16.7 Å². The fraction of sp³-hybridized carbons (Fsp3) is 0.231. The maximum Gasteiger partial charge on any atom is 0.367 e. The van der Waals surface area contributed by atoms with Crippen LogP contribution in [0.15, 0.2) is 72.8 Å². The van der Waals surface area contributed by atoms with Crippen LogP contribution in [0.4, 0.5) is 8.78 Å². The molecule has 2 unspecified atom stereocenters. The van der Waals surface area contributed by atoms with Crippen molar-refractivity contribution in [1.29, 1.82) is 0 Å². The molecule has 3 aliphatic rings. The average Bonchev–Trinajstić information content (AvgIpc) is 2.87. The average molecular weight is 639 g/mol. The van der Waals surface area contributed by atoms with Crippen molar-refractivity contribution in [2.45, 2.75) is 17.1 Å². The predicted molar refractivity (Wildman–Crippen MR) is 134 cm³/mol. The van der Waals surface area contributed by atoms with Gasteiger partial charge in [-0.25, -0.2) is 8.42 Å². The molecule has 6 rings (SSSR count). The van der Waals surface area contributed by atoms with E-state index in [9.17, 15) is 31.3 Å². The minimum Gasteiger partial charge on any atom is -0.743 e. The number of fused-ring (bicyclic) bond motifs is 1. The second-order valence-corrected chi connectivity index (χ2v) is 11.6. The van der Waals surface area contributed by atoms with Gasteiger partial charge in [-0.1, -0.05) is 48.5 Å². The van der Waals surface area contributed by atoms with Crippen LogP contribution < -0.4 is 4.74 Å². The summed E-state index contributed by atoms with van der Waals surface area (Å²) in [5, 5.41) is -4.82. The molecule has 3 aliphatic carbocycles. The molecule has 0 aromatic heterocycles. The van der Waals surface area contributed by atoms with E-state index in [1.807, 2.05) is 12.1 Å². The Kier molecular flexibility index (Phi) is 6.57. The van der Waals surface area contributed by atoms with Crippen LogP contribution in [0.25, 0.3) is 0 Å². The largest absolute Gasteiger partial charge is 0.743 e. The van der Waals surface area contributed by atoms with Crippen molar-refractivity contribution in [3.63, 3.8) is 0 Å². The van der Waals surface area contributed by atoms with E-state index in [4.69, 9.17) is 9.47 Å². The Hall–Kier alpha value is -2.90. The molecule has 2 bridgehead atoms. The van der Waals surface area contributed by atoms with Gasteiger partial charge >= 0.3 is 17.2 Å². The number of carbonyl (C=O) groups excluding carboxylic acids is 2. The summed E-state index contributed by atoms with van der Waals surface area (Å²) in [6.07, 6.45) is 0. The van der Waals surface area contributed by atoms with Crippen LogP contribution in [0.5, 0.6) is 5.75 Å². The minimum absolute atomic E-state index is 0.240. The third-order valence-corrected chi connectivity index (χ3v) is 8.33. The molecule has 0 saturated heterocycles. The SMILES string of the molecule is O=C(OCC(F)(F)S(=O)(=O)[O-])C1C2c3ccccc3C(c3ccccc32)C1C(=O)Oc1ccc(I)cc1. The number of benzene rings is 3. The number of rotatable bonds is 6. The Morgan fingerprint density at radius 2 is 1.24 bits per heavy atom. The molecule has 7 nitrogen and oxygen atoms in total. The van der Waals surface area contributed by atoms with Gasteiger partial charge in [-0.3, -0.25) is 9.59 Å². The molecule has 0 saturated carbocycles. The summed E-state index contributed by atoms with van der Waals surface area (Å²) in [5.41, 5.74) is 3.06. The summed E-state index contributed by atoms with van der Waals surface area (Å²) in [4.78, 5) is 26.9. The van der Waals surface area contributed by atoms with E-state index < -0.39 is 57.6 Å². The lowest BCUT2D eigenvalue weighted by molar-refractivity contribution is -0.163. The fourth-order valence-corrected chi connectivity index (χ4v) is 5.82. The molecule has 0 spiro atoms. The second kappa shape index (κ2) is 9.44. The summed E-state index contributed by atoms with van der Waals surface area (Å²) in [7, 11) is -6.06. The maximum absolute atomic E-state index is 13.8. The van der Waals surface area contributed by atoms with Crippen LogP contribution in [0, 0.1) is 15.4 Å². The van der Waals surface area contributed by atoms with E-state index in [1.54, 1.807) is 60.7 Å². The summed E-state index contributed by atoms with van der Waals surface area (Å²) >= 11 is 2.09. The first-order chi connectivity index (χ1) is 17.5. The summed E-state index contributed by atoms with van der Waals surface area (Å²) in [6.45, 7) is -1.95. The zero-order valence-corrected chi connectivity index (χ0v) is 21.8. The van der Waals surface area contributed by atoms with Gasteiger partial charge in [-0.05, 0) is 69.1 Å². The number of ether oxygens (including phenoxy) is 2. The van der Waals surface area contributed by atoms with Crippen molar-refractivity contribution >= 4 is 44.6 Å². The van der Waals surface area contributed by atoms with Gasteiger partial charge in [0.25, 0.3) is 0 Å². The first kappa shape index (κ1) is 25.7. The van der Waals surface area contributed by atoms with Crippen molar-refractivity contribution in [1.82, 2.24) is 0 Å². The lowest BCUT2D eigenvalue weighted by Crippen LogP contribution is -2.49. The third-order valence-electron chi connectivity index (χ3n) is 6.76. The molecule has 0 fully saturated rings. The number of carbonyl (C=O) groups is 2. The van der Waals surface area contributed by atoms with Gasteiger partial charge in [0, 0.05) is 15.4 Å². The van der Waals surface area contributed by atoms with Crippen LogP contribution in [-0.2, 0) is 24.4 Å². The highest BCUT2D eigenvalue weighted by molar-refractivity contribution is 14.1. The highest BCUT2D eigenvalue weighted by Crippen LogP contribution is 2.58. The maximum atomic E-state index is 13.8. The molecule has 3 aromatic carbocycles. The third kappa shape index (κ3) is 4.53. The summed E-state index contributed by atoms with van der Waals surface area (Å²) in [5.74, 6) is -5.57. The van der Waals surface area contributed by atoms with Crippen molar-refractivity contribution in [3.8, 4) is 5.75 Å². The van der Waals surface area contributed by atoms with Gasteiger partial charge < -0.3 is 14.0 Å².